The van der Waals surface area contributed by atoms with Crippen LogP contribution < -0.4 is 16.4 Å². The molecule has 0 fully saturated rings. The van der Waals surface area contributed by atoms with Gasteiger partial charge < -0.3 is 16.2 Å². The summed E-state index contributed by atoms with van der Waals surface area (Å²) in [6, 6.07) is 5.53. The number of benzene rings is 1. The monoisotopic (exact) mass is 179 g/mol. The minimum absolute atomic E-state index is 0.617. The molecule has 70 valence electrons. The smallest absolute Gasteiger partial charge is 0.133 e. The lowest BCUT2D eigenvalue weighted by Gasteiger charge is -2.13. The highest BCUT2D eigenvalue weighted by Gasteiger charge is 2.16. The van der Waals surface area contributed by atoms with E-state index in [4.69, 9.17) is 5.73 Å². The third kappa shape index (κ3) is 1.46. The van der Waals surface area contributed by atoms with E-state index in [2.05, 4.69) is 10.6 Å². The molecule has 0 amide bonds. The van der Waals surface area contributed by atoms with E-state index in [-0.39, 0.29) is 0 Å². The van der Waals surface area contributed by atoms with Gasteiger partial charge in [-0.3, -0.25) is 5.32 Å². The molecule has 0 radical (unpaired) electrons. The van der Waals surface area contributed by atoms with Crippen LogP contribution in [0, 0.1) is 0 Å². The molecule has 0 spiro atoms. The van der Waals surface area contributed by atoms with Gasteiger partial charge in [0.15, 0.2) is 0 Å². The van der Waals surface area contributed by atoms with E-state index in [0.717, 1.165) is 24.3 Å². The number of hydrogen-bond donors (Lipinski definition) is 4. The highest BCUT2D eigenvalue weighted by molar-refractivity contribution is 5.71. The molecule has 1 aromatic rings. The maximum atomic E-state index is 9.66. The van der Waals surface area contributed by atoms with Gasteiger partial charge in [-0.05, 0) is 6.07 Å². The van der Waals surface area contributed by atoms with Crippen LogP contribution in [-0.4, -0.2) is 18.2 Å². The van der Waals surface area contributed by atoms with Crippen molar-refractivity contribution in [3.8, 4) is 0 Å². The van der Waals surface area contributed by atoms with Crippen molar-refractivity contribution < 1.29 is 5.11 Å². The minimum Gasteiger partial charge on any atom is -0.397 e. The van der Waals surface area contributed by atoms with Crippen LogP contribution >= 0.6 is 0 Å². The topological polar surface area (TPSA) is 70.3 Å². The Bertz CT molecular complexity index is 314. The number of aliphatic hydroxyl groups excluding tert-OH is 1. The number of fused-ring (bicyclic) bond motifs is 1. The highest BCUT2D eigenvalue weighted by Crippen LogP contribution is 2.28. The van der Waals surface area contributed by atoms with Gasteiger partial charge in [-0.1, -0.05) is 12.1 Å². The average Bonchev–Trinajstić information content (AvgIpc) is 2.30. The lowest BCUT2D eigenvalue weighted by Crippen LogP contribution is -2.22. The van der Waals surface area contributed by atoms with Crippen molar-refractivity contribution in [1.29, 1.82) is 0 Å². The van der Waals surface area contributed by atoms with Gasteiger partial charge in [-0.15, -0.1) is 0 Å². The zero-order valence-corrected chi connectivity index (χ0v) is 7.25. The predicted octanol–water partition coefficient (Wildman–Crippen LogP) is 0.275. The first-order chi connectivity index (χ1) is 6.29. The summed E-state index contributed by atoms with van der Waals surface area (Å²) >= 11 is 0. The van der Waals surface area contributed by atoms with Crippen LogP contribution in [-0.2, 0) is 0 Å². The van der Waals surface area contributed by atoms with Gasteiger partial charge >= 0.3 is 0 Å². The van der Waals surface area contributed by atoms with Gasteiger partial charge in [0.2, 0.25) is 0 Å². The highest BCUT2D eigenvalue weighted by atomic mass is 16.3. The van der Waals surface area contributed by atoms with Crippen LogP contribution in [0.4, 0.5) is 11.4 Å². The standard InChI is InChI=1S/C9H13N3O/c10-7-3-1-2-6-8(7)11-4-5-12-9(6)13/h1-3,9,11-13H,4-5,10H2. The number of nitrogen functional groups attached to an aromatic ring is 1. The van der Waals surface area contributed by atoms with E-state index < -0.39 is 6.23 Å². The molecular formula is C9H13N3O. The summed E-state index contributed by atoms with van der Waals surface area (Å²) in [7, 11) is 0. The molecule has 1 heterocycles. The molecule has 1 aromatic carbocycles. The summed E-state index contributed by atoms with van der Waals surface area (Å²) in [6.07, 6.45) is -0.617. The van der Waals surface area contributed by atoms with Crippen molar-refractivity contribution in [2.45, 2.75) is 6.23 Å². The number of nitrogens with two attached hydrogens (primary N) is 1. The average molecular weight is 179 g/mol. The second kappa shape index (κ2) is 3.24. The van der Waals surface area contributed by atoms with E-state index in [9.17, 15) is 5.11 Å². The van der Waals surface area contributed by atoms with Crippen molar-refractivity contribution in [3.05, 3.63) is 23.8 Å². The summed E-state index contributed by atoms with van der Waals surface area (Å²) in [6.45, 7) is 1.51. The second-order valence-corrected chi connectivity index (χ2v) is 3.09. The quantitative estimate of drug-likeness (QED) is 0.432. The number of aliphatic hydroxyl groups is 1. The third-order valence-corrected chi connectivity index (χ3v) is 2.19. The first kappa shape index (κ1) is 8.34. The minimum atomic E-state index is -0.617. The van der Waals surface area contributed by atoms with Gasteiger partial charge in [0.05, 0.1) is 11.4 Å². The van der Waals surface area contributed by atoms with E-state index in [0.29, 0.717) is 5.69 Å². The fourth-order valence-corrected chi connectivity index (χ4v) is 1.53. The van der Waals surface area contributed by atoms with Crippen molar-refractivity contribution in [1.82, 2.24) is 5.32 Å². The van der Waals surface area contributed by atoms with E-state index in [1.807, 2.05) is 18.2 Å². The zero-order valence-electron chi connectivity index (χ0n) is 7.25. The molecule has 1 aliphatic rings. The van der Waals surface area contributed by atoms with Gasteiger partial charge in [0.25, 0.3) is 0 Å². The molecule has 1 unspecified atom stereocenters. The number of hydrogen-bond acceptors (Lipinski definition) is 4. The third-order valence-electron chi connectivity index (χ3n) is 2.19. The van der Waals surface area contributed by atoms with Crippen LogP contribution in [0.3, 0.4) is 0 Å². The molecule has 5 N–H and O–H groups in total. The number of rotatable bonds is 0. The Balaban J connectivity index is 2.47. The molecular weight excluding hydrogens is 166 g/mol. The Morgan fingerprint density at radius 3 is 3.08 bits per heavy atom. The van der Waals surface area contributed by atoms with Gasteiger partial charge in [-0.2, -0.15) is 0 Å². The summed E-state index contributed by atoms with van der Waals surface area (Å²) in [5.41, 5.74) is 8.12. The fourth-order valence-electron chi connectivity index (χ4n) is 1.53. The maximum Gasteiger partial charge on any atom is 0.133 e. The number of nitrogens with one attached hydrogen (secondary N) is 2. The van der Waals surface area contributed by atoms with Gasteiger partial charge in [0.1, 0.15) is 6.23 Å². The molecule has 0 aliphatic carbocycles. The molecule has 0 bridgehead atoms. The van der Waals surface area contributed by atoms with Crippen LogP contribution in [0.25, 0.3) is 0 Å². The van der Waals surface area contributed by atoms with Crippen LogP contribution in [0.1, 0.15) is 11.8 Å². The normalized spacial score (nSPS) is 21.5. The lowest BCUT2D eigenvalue weighted by atomic mass is 10.1. The zero-order chi connectivity index (χ0) is 9.26. The molecule has 0 aromatic heterocycles. The summed E-state index contributed by atoms with van der Waals surface area (Å²) in [5.74, 6) is 0. The maximum absolute atomic E-state index is 9.66. The van der Waals surface area contributed by atoms with Gasteiger partial charge in [0, 0.05) is 18.7 Å². The summed E-state index contributed by atoms with van der Waals surface area (Å²) in [4.78, 5) is 0. The predicted molar refractivity (Wildman–Crippen MR) is 52.3 cm³/mol. The van der Waals surface area contributed by atoms with E-state index in [1.165, 1.54) is 0 Å². The first-order valence-corrected chi connectivity index (χ1v) is 4.33. The molecule has 0 saturated heterocycles. The molecule has 4 nitrogen and oxygen atoms in total. The Hall–Kier alpha value is -1.26. The largest absolute Gasteiger partial charge is 0.397 e. The van der Waals surface area contributed by atoms with Crippen LogP contribution in [0.2, 0.25) is 0 Å². The lowest BCUT2D eigenvalue weighted by molar-refractivity contribution is 0.144. The van der Waals surface area contributed by atoms with Crippen molar-refractivity contribution >= 4 is 11.4 Å². The SMILES string of the molecule is Nc1cccc2c1NCCNC2O. The summed E-state index contributed by atoms with van der Waals surface area (Å²) in [5, 5.41) is 15.8. The van der Waals surface area contributed by atoms with Gasteiger partial charge in [-0.25, -0.2) is 0 Å². The van der Waals surface area contributed by atoms with Crippen molar-refractivity contribution in [2.24, 2.45) is 0 Å². The first-order valence-electron chi connectivity index (χ1n) is 4.33. The second-order valence-electron chi connectivity index (χ2n) is 3.09. The van der Waals surface area contributed by atoms with Crippen molar-refractivity contribution in [3.63, 3.8) is 0 Å². The van der Waals surface area contributed by atoms with Crippen LogP contribution in [0.15, 0.2) is 18.2 Å². The Morgan fingerprint density at radius 1 is 1.38 bits per heavy atom. The molecule has 13 heavy (non-hydrogen) atoms. The molecule has 4 heteroatoms. The van der Waals surface area contributed by atoms with Crippen LogP contribution in [0.5, 0.6) is 0 Å². The molecule has 0 saturated carbocycles. The molecule has 2 rings (SSSR count). The number of para-hydroxylation sites is 1. The van der Waals surface area contributed by atoms with E-state index in [1.54, 1.807) is 0 Å². The number of anilines is 2. The molecule has 1 atom stereocenters. The van der Waals surface area contributed by atoms with E-state index >= 15 is 0 Å². The molecule has 1 aliphatic heterocycles. The summed E-state index contributed by atoms with van der Waals surface area (Å²) < 4.78 is 0. The fraction of sp³-hybridized carbons (Fsp3) is 0.333. The van der Waals surface area contributed by atoms with Crippen molar-refractivity contribution in [2.75, 3.05) is 24.1 Å². The Morgan fingerprint density at radius 2 is 2.23 bits per heavy atom. The Labute approximate surface area is 76.8 Å². The Kier molecular flexibility index (Phi) is 2.08.